The fourth-order valence-corrected chi connectivity index (χ4v) is 1.58. The Hall–Kier alpha value is -1.58. The van der Waals surface area contributed by atoms with Gasteiger partial charge in [0.1, 0.15) is 5.82 Å². The van der Waals surface area contributed by atoms with Crippen LogP contribution in [-0.4, -0.2) is 24.0 Å². The van der Waals surface area contributed by atoms with E-state index in [4.69, 9.17) is 0 Å². The summed E-state index contributed by atoms with van der Waals surface area (Å²) in [6, 6.07) is 3.55. The van der Waals surface area contributed by atoms with Gasteiger partial charge < -0.3 is 10.6 Å². The standard InChI is InChI=1S/C13H19N3O/c1-2-6-14-12-8-11(5-7-15-12)13(17)16-9-10-3-4-10/h5,7-8,10H,2-4,6,9H2,1H3,(H,14,15)(H,16,17). The molecule has 17 heavy (non-hydrogen) atoms. The van der Waals surface area contributed by atoms with E-state index >= 15 is 0 Å². The first kappa shape index (κ1) is 11.9. The first-order valence-corrected chi connectivity index (χ1v) is 6.27. The summed E-state index contributed by atoms with van der Waals surface area (Å²) in [5.41, 5.74) is 0.680. The van der Waals surface area contributed by atoms with Crippen molar-refractivity contribution in [1.29, 1.82) is 0 Å². The van der Waals surface area contributed by atoms with Gasteiger partial charge in [0.05, 0.1) is 0 Å². The monoisotopic (exact) mass is 233 g/mol. The molecule has 1 fully saturated rings. The van der Waals surface area contributed by atoms with Crippen LogP contribution >= 0.6 is 0 Å². The van der Waals surface area contributed by atoms with Crippen LogP contribution in [0.4, 0.5) is 5.82 Å². The zero-order chi connectivity index (χ0) is 12.1. The Balaban J connectivity index is 1.91. The molecule has 1 amide bonds. The molecule has 1 heterocycles. The Morgan fingerprint density at radius 2 is 2.35 bits per heavy atom. The minimum absolute atomic E-state index is 0.00107. The average Bonchev–Trinajstić information content (AvgIpc) is 3.18. The topological polar surface area (TPSA) is 54.0 Å². The van der Waals surface area contributed by atoms with E-state index in [1.54, 1.807) is 18.3 Å². The van der Waals surface area contributed by atoms with Crippen LogP contribution in [-0.2, 0) is 0 Å². The molecule has 0 spiro atoms. The van der Waals surface area contributed by atoms with Crippen molar-refractivity contribution < 1.29 is 4.79 Å². The molecule has 4 heteroatoms. The van der Waals surface area contributed by atoms with Crippen molar-refractivity contribution >= 4 is 11.7 Å². The molecule has 0 atom stereocenters. The summed E-state index contributed by atoms with van der Waals surface area (Å²) in [5.74, 6) is 1.48. The Morgan fingerprint density at radius 3 is 3.06 bits per heavy atom. The van der Waals surface area contributed by atoms with Gasteiger partial charge in [-0.25, -0.2) is 4.98 Å². The van der Waals surface area contributed by atoms with Crippen LogP contribution in [0.1, 0.15) is 36.5 Å². The van der Waals surface area contributed by atoms with Gasteiger partial charge >= 0.3 is 0 Å². The summed E-state index contributed by atoms with van der Waals surface area (Å²) in [5, 5.41) is 6.13. The minimum atomic E-state index is -0.00107. The number of nitrogens with zero attached hydrogens (tertiary/aromatic N) is 1. The van der Waals surface area contributed by atoms with Gasteiger partial charge in [-0.15, -0.1) is 0 Å². The lowest BCUT2D eigenvalue weighted by molar-refractivity contribution is 0.0951. The zero-order valence-corrected chi connectivity index (χ0v) is 10.2. The highest BCUT2D eigenvalue weighted by Gasteiger charge is 2.21. The van der Waals surface area contributed by atoms with E-state index in [2.05, 4.69) is 22.5 Å². The van der Waals surface area contributed by atoms with Crippen LogP contribution in [0.3, 0.4) is 0 Å². The van der Waals surface area contributed by atoms with Gasteiger partial charge in [0, 0.05) is 24.8 Å². The molecule has 1 aliphatic rings. The molecule has 1 aliphatic carbocycles. The third-order valence-electron chi connectivity index (χ3n) is 2.83. The van der Waals surface area contributed by atoms with Crippen molar-refractivity contribution in [3.63, 3.8) is 0 Å². The first-order chi connectivity index (χ1) is 8.29. The highest BCUT2D eigenvalue weighted by atomic mass is 16.1. The molecule has 0 aromatic carbocycles. The van der Waals surface area contributed by atoms with E-state index in [9.17, 15) is 4.79 Å². The van der Waals surface area contributed by atoms with Crippen molar-refractivity contribution in [2.45, 2.75) is 26.2 Å². The Labute approximate surface area is 102 Å². The van der Waals surface area contributed by atoms with Crippen LogP contribution in [0, 0.1) is 5.92 Å². The molecule has 4 nitrogen and oxygen atoms in total. The van der Waals surface area contributed by atoms with Crippen LogP contribution in [0.25, 0.3) is 0 Å². The lowest BCUT2D eigenvalue weighted by Crippen LogP contribution is -2.25. The van der Waals surface area contributed by atoms with Gasteiger partial charge in [-0.3, -0.25) is 4.79 Å². The fraction of sp³-hybridized carbons (Fsp3) is 0.538. The largest absolute Gasteiger partial charge is 0.370 e. The summed E-state index contributed by atoms with van der Waals surface area (Å²) >= 11 is 0. The number of carbonyl (C=O) groups excluding carboxylic acids is 1. The summed E-state index contributed by atoms with van der Waals surface area (Å²) < 4.78 is 0. The van der Waals surface area contributed by atoms with Crippen molar-refractivity contribution in [1.82, 2.24) is 10.3 Å². The van der Waals surface area contributed by atoms with Crippen molar-refractivity contribution in [3.8, 4) is 0 Å². The van der Waals surface area contributed by atoms with E-state index in [1.165, 1.54) is 12.8 Å². The number of amides is 1. The van der Waals surface area contributed by atoms with Crippen LogP contribution < -0.4 is 10.6 Å². The zero-order valence-electron chi connectivity index (χ0n) is 10.2. The van der Waals surface area contributed by atoms with Gasteiger partial charge in [0.2, 0.25) is 0 Å². The number of carbonyl (C=O) groups is 1. The number of aromatic nitrogens is 1. The maximum Gasteiger partial charge on any atom is 0.251 e. The lowest BCUT2D eigenvalue weighted by atomic mass is 10.2. The SMILES string of the molecule is CCCNc1cc(C(=O)NCC2CC2)ccn1. The maximum absolute atomic E-state index is 11.8. The van der Waals surface area contributed by atoms with E-state index in [1.807, 2.05) is 0 Å². The minimum Gasteiger partial charge on any atom is -0.370 e. The predicted molar refractivity (Wildman–Crippen MR) is 68.1 cm³/mol. The van der Waals surface area contributed by atoms with E-state index in [0.29, 0.717) is 11.5 Å². The molecule has 1 aromatic rings. The van der Waals surface area contributed by atoms with Crippen molar-refractivity contribution in [2.75, 3.05) is 18.4 Å². The highest BCUT2D eigenvalue weighted by molar-refractivity contribution is 5.94. The Kier molecular flexibility index (Phi) is 3.96. The summed E-state index contributed by atoms with van der Waals surface area (Å²) in [6.07, 6.45) is 5.21. The van der Waals surface area contributed by atoms with Gasteiger partial charge in [0.15, 0.2) is 0 Å². The van der Waals surface area contributed by atoms with Crippen LogP contribution in [0.15, 0.2) is 18.3 Å². The molecule has 0 radical (unpaired) electrons. The molecule has 0 saturated heterocycles. The molecule has 1 aromatic heterocycles. The lowest BCUT2D eigenvalue weighted by Gasteiger charge is -2.07. The average molecular weight is 233 g/mol. The van der Waals surface area contributed by atoms with Gasteiger partial charge in [-0.2, -0.15) is 0 Å². The Morgan fingerprint density at radius 1 is 1.53 bits per heavy atom. The first-order valence-electron chi connectivity index (χ1n) is 6.27. The second-order valence-electron chi connectivity index (χ2n) is 4.51. The third kappa shape index (κ3) is 3.73. The number of hydrogen-bond acceptors (Lipinski definition) is 3. The predicted octanol–water partition coefficient (Wildman–Crippen LogP) is 2.04. The molecule has 0 bridgehead atoms. The highest BCUT2D eigenvalue weighted by Crippen LogP contribution is 2.27. The van der Waals surface area contributed by atoms with Gasteiger partial charge in [0.25, 0.3) is 5.91 Å². The summed E-state index contributed by atoms with van der Waals surface area (Å²) in [4.78, 5) is 16.0. The fourth-order valence-electron chi connectivity index (χ4n) is 1.58. The number of pyridine rings is 1. The normalized spacial score (nSPS) is 14.4. The van der Waals surface area contributed by atoms with Crippen molar-refractivity contribution in [2.24, 2.45) is 5.92 Å². The molecule has 0 unspecified atom stereocenters. The van der Waals surface area contributed by atoms with Crippen LogP contribution in [0.2, 0.25) is 0 Å². The molecule has 1 saturated carbocycles. The van der Waals surface area contributed by atoms with E-state index in [-0.39, 0.29) is 5.91 Å². The second-order valence-corrected chi connectivity index (χ2v) is 4.51. The van der Waals surface area contributed by atoms with Gasteiger partial charge in [-0.1, -0.05) is 6.92 Å². The molecule has 92 valence electrons. The Bertz CT molecular complexity index is 388. The summed E-state index contributed by atoms with van der Waals surface area (Å²) in [7, 11) is 0. The number of nitrogens with one attached hydrogen (secondary N) is 2. The van der Waals surface area contributed by atoms with Crippen LogP contribution in [0.5, 0.6) is 0 Å². The maximum atomic E-state index is 11.8. The van der Waals surface area contributed by atoms with E-state index < -0.39 is 0 Å². The third-order valence-corrected chi connectivity index (χ3v) is 2.83. The molecule has 2 rings (SSSR count). The smallest absolute Gasteiger partial charge is 0.251 e. The molecular weight excluding hydrogens is 214 g/mol. The second kappa shape index (κ2) is 5.66. The van der Waals surface area contributed by atoms with E-state index in [0.717, 1.165) is 25.3 Å². The van der Waals surface area contributed by atoms with Gasteiger partial charge in [-0.05, 0) is 37.3 Å². The number of anilines is 1. The molecular formula is C13H19N3O. The molecule has 2 N–H and O–H groups in total. The summed E-state index contributed by atoms with van der Waals surface area (Å²) in [6.45, 7) is 3.78. The number of hydrogen-bond donors (Lipinski definition) is 2. The number of rotatable bonds is 6. The molecule has 0 aliphatic heterocycles. The van der Waals surface area contributed by atoms with Crippen molar-refractivity contribution in [3.05, 3.63) is 23.9 Å². The quantitative estimate of drug-likeness (QED) is 0.790.